The SMILES string of the molecule is COc1ccc(C(CC(=O)N2CCOc3ccccc32)NS(C)(=O)=O)cc1. The summed E-state index contributed by atoms with van der Waals surface area (Å²) in [6, 6.07) is 13.6. The third-order valence-electron chi connectivity index (χ3n) is 4.28. The number of fused-ring (bicyclic) bond motifs is 1. The van der Waals surface area contributed by atoms with Crippen molar-refractivity contribution in [3.63, 3.8) is 0 Å². The maximum atomic E-state index is 13.0. The molecule has 0 saturated heterocycles. The highest BCUT2D eigenvalue weighted by Gasteiger charge is 2.27. The van der Waals surface area contributed by atoms with E-state index >= 15 is 0 Å². The topological polar surface area (TPSA) is 84.9 Å². The van der Waals surface area contributed by atoms with Gasteiger partial charge in [-0.3, -0.25) is 4.79 Å². The summed E-state index contributed by atoms with van der Waals surface area (Å²) in [7, 11) is -1.94. The van der Waals surface area contributed by atoms with Crippen LogP contribution < -0.4 is 19.1 Å². The van der Waals surface area contributed by atoms with E-state index in [9.17, 15) is 13.2 Å². The van der Waals surface area contributed by atoms with E-state index in [1.54, 1.807) is 36.3 Å². The Morgan fingerprint density at radius 1 is 1.22 bits per heavy atom. The molecule has 1 unspecified atom stereocenters. The van der Waals surface area contributed by atoms with Crippen molar-refractivity contribution in [1.82, 2.24) is 4.72 Å². The molecule has 1 atom stereocenters. The largest absolute Gasteiger partial charge is 0.497 e. The van der Waals surface area contributed by atoms with Crippen LogP contribution in [0.15, 0.2) is 48.5 Å². The van der Waals surface area contributed by atoms with Gasteiger partial charge in [-0.15, -0.1) is 0 Å². The molecule has 1 amide bonds. The second-order valence-electron chi connectivity index (χ2n) is 6.28. The standard InChI is InChI=1S/C19H22N2O5S/c1-25-15-9-7-14(8-10-15)16(20-27(2,23)24)13-19(22)21-11-12-26-18-6-4-3-5-17(18)21/h3-10,16,20H,11-13H2,1-2H3. The zero-order valence-corrected chi connectivity index (χ0v) is 16.0. The molecule has 0 saturated carbocycles. The van der Waals surface area contributed by atoms with E-state index in [1.165, 1.54) is 0 Å². The predicted molar refractivity (Wildman–Crippen MR) is 103 cm³/mol. The van der Waals surface area contributed by atoms with Gasteiger partial charge in [0.05, 0.1) is 31.6 Å². The molecule has 144 valence electrons. The molecule has 8 heteroatoms. The van der Waals surface area contributed by atoms with Gasteiger partial charge < -0.3 is 14.4 Å². The number of sulfonamides is 1. The third kappa shape index (κ3) is 4.78. The number of carbonyl (C=O) groups excluding carboxylic acids is 1. The number of ether oxygens (including phenoxy) is 2. The Balaban J connectivity index is 1.84. The van der Waals surface area contributed by atoms with Gasteiger partial charge in [-0.2, -0.15) is 0 Å². The highest BCUT2D eigenvalue weighted by molar-refractivity contribution is 7.88. The van der Waals surface area contributed by atoms with Crippen LogP contribution in [0.5, 0.6) is 11.5 Å². The van der Waals surface area contributed by atoms with Crippen molar-refractivity contribution in [2.24, 2.45) is 0 Å². The highest BCUT2D eigenvalue weighted by atomic mass is 32.2. The van der Waals surface area contributed by atoms with E-state index in [0.717, 1.165) is 6.26 Å². The quantitative estimate of drug-likeness (QED) is 0.817. The van der Waals surface area contributed by atoms with Gasteiger partial charge in [0.25, 0.3) is 0 Å². The Morgan fingerprint density at radius 2 is 1.93 bits per heavy atom. The number of hydrogen-bond acceptors (Lipinski definition) is 5. The Hall–Kier alpha value is -2.58. The number of para-hydroxylation sites is 2. The molecule has 0 spiro atoms. The van der Waals surface area contributed by atoms with Gasteiger partial charge >= 0.3 is 0 Å². The summed E-state index contributed by atoms with van der Waals surface area (Å²) in [4.78, 5) is 14.6. The fraction of sp³-hybridized carbons (Fsp3) is 0.316. The van der Waals surface area contributed by atoms with Gasteiger partial charge in [-0.1, -0.05) is 24.3 Å². The minimum absolute atomic E-state index is 0.00622. The highest BCUT2D eigenvalue weighted by Crippen LogP contribution is 2.32. The van der Waals surface area contributed by atoms with Crippen LogP contribution >= 0.6 is 0 Å². The molecule has 27 heavy (non-hydrogen) atoms. The maximum Gasteiger partial charge on any atom is 0.229 e. The molecule has 2 aromatic rings. The average Bonchev–Trinajstić information content (AvgIpc) is 2.66. The lowest BCUT2D eigenvalue weighted by molar-refractivity contribution is -0.119. The molecule has 2 aromatic carbocycles. The van der Waals surface area contributed by atoms with Crippen molar-refractivity contribution in [3.8, 4) is 11.5 Å². The smallest absolute Gasteiger partial charge is 0.229 e. The lowest BCUT2D eigenvalue weighted by Gasteiger charge is -2.30. The van der Waals surface area contributed by atoms with Crippen molar-refractivity contribution in [1.29, 1.82) is 0 Å². The molecule has 3 rings (SSSR count). The third-order valence-corrected chi connectivity index (χ3v) is 5.00. The lowest BCUT2D eigenvalue weighted by Crippen LogP contribution is -2.40. The first kappa shape index (κ1) is 19.2. The van der Waals surface area contributed by atoms with E-state index in [1.807, 2.05) is 24.3 Å². The van der Waals surface area contributed by atoms with E-state index < -0.39 is 16.1 Å². The summed E-state index contributed by atoms with van der Waals surface area (Å²) in [6.07, 6.45) is 1.08. The summed E-state index contributed by atoms with van der Waals surface area (Å²) in [5.74, 6) is 1.13. The van der Waals surface area contributed by atoms with Crippen LogP contribution in [0.25, 0.3) is 0 Å². The van der Waals surface area contributed by atoms with E-state index in [4.69, 9.17) is 9.47 Å². The second-order valence-corrected chi connectivity index (χ2v) is 8.06. The molecule has 1 aliphatic rings. The van der Waals surface area contributed by atoms with Crippen molar-refractivity contribution < 1.29 is 22.7 Å². The van der Waals surface area contributed by atoms with Crippen LogP contribution in [0.4, 0.5) is 5.69 Å². The molecule has 7 nitrogen and oxygen atoms in total. The Bertz CT molecular complexity index is 912. The van der Waals surface area contributed by atoms with Gasteiger partial charge in [0.1, 0.15) is 18.1 Å². The molecule has 0 aliphatic carbocycles. The first-order valence-electron chi connectivity index (χ1n) is 8.51. The number of nitrogens with zero attached hydrogens (tertiary/aromatic N) is 1. The normalized spacial score (nSPS) is 14.8. The average molecular weight is 390 g/mol. The number of anilines is 1. The second kappa shape index (κ2) is 7.98. The fourth-order valence-corrected chi connectivity index (χ4v) is 3.77. The summed E-state index contributed by atoms with van der Waals surface area (Å²) in [5, 5.41) is 0. The van der Waals surface area contributed by atoms with Gasteiger partial charge in [0, 0.05) is 6.42 Å². The molecule has 1 heterocycles. The first-order valence-corrected chi connectivity index (χ1v) is 10.4. The van der Waals surface area contributed by atoms with Crippen LogP contribution in [-0.2, 0) is 14.8 Å². The van der Waals surface area contributed by atoms with Crippen LogP contribution in [-0.4, -0.2) is 40.8 Å². The first-order chi connectivity index (χ1) is 12.9. The van der Waals surface area contributed by atoms with E-state index in [2.05, 4.69) is 4.72 Å². The molecule has 0 aromatic heterocycles. The van der Waals surface area contributed by atoms with Gasteiger partial charge in [-0.25, -0.2) is 13.1 Å². The number of benzene rings is 2. The van der Waals surface area contributed by atoms with Crippen molar-refractivity contribution in [2.45, 2.75) is 12.5 Å². The maximum absolute atomic E-state index is 13.0. The number of nitrogens with one attached hydrogen (secondary N) is 1. The number of carbonyl (C=O) groups is 1. The minimum atomic E-state index is -3.50. The van der Waals surface area contributed by atoms with Gasteiger partial charge in [0.2, 0.25) is 15.9 Å². The summed E-state index contributed by atoms with van der Waals surface area (Å²) < 4.78 is 36.9. The van der Waals surface area contributed by atoms with Crippen LogP contribution in [0.2, 0.25) is 0 Å². The molecule has 1 aliphatic heterocycles. The van der Waals surface area contributed by atoms with Crippen molar-refractivity contribution >= 4 is 21.6 Å². The predicted octanol–water partition coefficient (Wildman–Crippen LogP) is 2.10. The minimum Gasteiger partial charge on any atom is -0.497 e. The molecule has 1 N–H and O–H groups in total. The van der Waals surface area contributed by atoms with E-state index in [0.29, 0.717) is 35.9 Å². The van der Waals surface area contributed by atoms with Crippen molar-refractivity contribution in [3.05, 3.63) is 54.1 Å². The van der Waals surface area contributed by atoms with Crippen molar-refractivity contribution in [2.75, 3.05) is 31.4 Å². The Kier molecular flexibility index (Phi) is 5.67. The molecule has 0 bridgehead atoms. The number of rotatable bonds is 6. The zero-order valence-electron chi connectivity index (χ0n) is 15.2. The number of methoxy groups -OCH3 is 1. The molecule has 0 radical (unpaired) electrons. The van der Waals surface area contributed by atoms with Crippen LogP contribution in [0, 0.1) is 0 Å². The Morgan fingerprint density at radius 3 is 2.59 bits per heavy atom. The summed E-state index contributed by atoms with van der Waals surface area (Å²) in [5.41, 5.74) is 1.39. The summed E-state index contributed by atoms with van der Waals surface area (Å²) in [6.45, 7) is 0.819. The Labute approximate surface area is 158 Å². The summed E-state index contributed by atoms with van der Waals surface area (Å²) >= 11 is 0. The fourth-order valence-electron chi connectivity index (χ4n) is 3.04. The number of amides is 1. The lowest BCUT2D eigenvalue weighted by atomic mass is 10.0. The van der Waals surface area contributed by atoms with Crippen LogP contribution in [0.1, 0.15) is 18.0 Å². The van der Waals surface area contributed by atoms with E-state index in [-0.39, 0.29) is 12.3 Å². The zero-order chi connectivity index (χ0) is 19.4. The molecule has 0 fully saturated rings. The van der Waals surface area contributed by atoms with Gasteiger partial charge in [-0.05, 0) is 29.8 Å². The number of hydrogen-bond donors (Lipinski definition) is 1. The molecular formula is C19H22N2O5S. The van der Waals surface area contributed by atoms with Crippen LogP contribution in [0.3, 0.4) is 0 Å². The van der Waals surface area contributed by atoms with Gasteiger partial charge in [0.15, 0.2) is 0 Å². The monoisotopic (exact) mass is 390 g/mol. The molecular weight excluding hydrogens is 368 g/mol.